The number of hydrogen-bond acceptors (Lipinski definition) is 17. The zero-order valence-corrected chi connectivity index (χ0v) is 34.9. The zero-order valence-electron chi connectivity index (χ0n) is 33.3. The minimum absolute atomic E-state index is 0.00964. The first-order valence-corrected chi connectivity index (χ1v) is 19.6. The number of carboxylic acids is 1. The van der Waals surface area contributed by atoms with E-state index in [1.807, 2.05) is 0 Å². The number of benzene rings is 2. The summed E-state index contributed by atoms with van der Waals surface area (Å²) >= 11 is 12.2. The molecule has 0 radical (unpaired) electrons. The summed E-state index contributed by atoms with van der Waals surface area (Å²) in [5.74, 6) is -0.762. The van der Waals surface area contributed by atoms with Gasteiger partial charge in [0.05, 0.1) is 33.5 Å². The van der Waals surface area contributed by atoms with Crippen LogP contribution in [0.4, 0.5) is 39.3 Å². The van der Waals surface area contributed by atoms with Crippen molar-refractivity contribution in [2.24, 2.45) is 0 Å². The standard InChI is InChI=1S/C20H18Cl2N6O4.C20H19FN6O4/c1-2-15-17(19(29)30)18(11-7-12(21)9-13(22)8-11)27-20(26-15)24-6-5-23-16-4-3-14(10-25-16)28(31)32;1-2-31-19(28)16-12-25-20(26-18(16)13-4-3-5-14(21)10-13)23-9-8-22-17-7-6-15(11-24-17)27(29)30/h3-4,7-10H,2,5-6H2,1H3,(H,23,25)(H,29,30)(H,24,26,27);3-7,10-12H,2,8-9H2,1H3,(H,22,24)(H,23,25,26). The Morgan fingerprint density at radius 2 is 1.29 bits per heavy atom. The molecular weight excluding hydrogens is 866 g/mol. The lowest BCUT2D eigenvalue weighted by Gasteiger charge is -2.14. The van der Waals surface area contributed by atoms with Gasteiger partial charge in [-0.2, -0.15) is 0 Å². The lowest BCUT2D eigenvalue weighted by atomic mass is 10.0. The van der Waals surface area contributed by atoms with E-state index in [-0.39, 0.29) is 52.4 Å². The van der Waals surface area contributed by atoms with E-state index in [9.17, 15) is 39.3 Å². The van der Waals surface area contributed by atoms with Crippen LogP contribution in [0.2, 0.25) is 10.0 Å². The normalized spacial score (nSPS) is 10.5. The van der Waals surface area contributed by atoms with Crippen molar-refractivity contribution < 1.29 is 33.7 Å². The third-order valence-corrected chi connectivity index (χ3v) is 8.83. The number of rotatable bonds is 18. The van der Waals surface area contributed by atoms with Gasteiger partial charge in [-0.05, 0) is 55.8 Å². The van der Waals surface area contributed by atoms with E-state index >= 15 is 0 Å². The quantitative estimate of drug-likeness (QED) is 0.0238. The van der Waals surface area contributed by atoms with Crippen LogP contribution in [0.25, 0.3) is 22.5 Å². The highest BCUT2D eigenvalue weighted by molar-refractivity contribution is 6.35. The molecule has 6 rings (SSSR count). The number of carbonyl (C=O) groups is 2. The van der Waals surface area contributed by atoms with Crippen molar-refractivity contribution in [2.75, 3.05) is 54.1 Å². The number of ether oxygens (including phenoxy) is 1. The maximum Gasteiger partial charge on any atom is 0.341 e. The average molecular weight is 904 g/mol. The monoisotopic (exact) mass is 902 g/mol. The Morgan fingerprint density at radius 3 is 1.79 bits per heavy atom. The highest BCUT2D eigenvalue weighted by Gasteiger charge is 2.22. The molecule has 2 aromatic carbocycles. The van der Waals surface area contributed by atoms with Gasteiger partial charge in [-0.1, -0.05) is 42.3 Å². The van der Waals surface area contributed by atoms with Crippen LogP contribution in [0, 0.1) is 26.0 Å². The topological polar surface area (TPSA) is 275 Å². The average Bonchev–Trinajstić information content (AvgIpc) is 3.26. The molecule has 0 aliphatic heterocycles. The van der Waals surface area contributed by atoms with E-state index in [0.717, 1.165) is 6.20 Å². The number of nitro groups is 2. The number of aryl methyl sites for hydroxylation is 1. The van der Waals surface area contributed by atoms with E-state index in [1.165, 1.54) is 54.9 Å². The SMILES string of the molecule is CCOC(=O)c1cnc(NCCNc2ccc([N+](=O)[O-])cn2)nc1-c1cccc(F)c1.CCc1nc(NCCNc2ccc([N+](=O)[O-])cn2)nc(-c2cc(Cl)cc(Cl)c2)c1C(=O)O. The molecular formula is C40H37Cl2FN12O8. The summed E-state index contributed by atoms with van der Waals surface area (Å²) in [4.78, 5) is 69.6. The van der Waals surface area contributed by atoms with Crippen LogP contribution < -0.4 is 21.3 Å². The fourth-order valence-corrected chi connectivity index (χ4v) is 6.10. The first kappa shape index (κ1) is 46.4. The van der Waals surface area contributed by atoms with Gasteiger partial charge in [-0.25, -0.2) is 43.9 Å². The summed E-state index contributed by atoms with van der Waals surface area (Å²) in [6.07, 6.45) is 4.04. The highest BCUT2D eigenvalue weighted by atomic mass is 35.5. The van der Waals surface area contributed by atoms with Gasteiger partial charge >= 0.3 is 11.9 Å². The second kappa shape index (κ2) is 22.3. The van der Waals surface area contributed by atoms with Gasteiger partial charge in [-0.3, -0.25) is 20.2 Å². The van der Waals surface area contributed by atoms with Crippen LogP contribution in [-0.4, -0.2) is 89.6 Å². The maximum absolute atomic E-state index is 13.7. The molecule has 5 N–H and O–H groups in total. The van der Waals surface area contributed by atoms with Crippen molar-refractivity contribution in [1.82, 2.24) is 29.9 Å². The highest BCUT2D eigenvalue weighted by Crippen LogP contribution is 2.31. The molecule has 0 unspecified atom stereocenters. The van der Waals surface area contributed by atoms with E-state index < -0.39 is 27.6 Å². The van der Waals surface area contributed by atoms with Gasteiger partial charge in [0, 0.05) is 65.7 Å². The molecule has 0 saturated carbocycles. The first-order valence-electron chi connectivity index (χ1n) is 18.8. The number of carbonyl (C=O) groups excluding carboxylic acids is 1. The summed E-state index contributed by atoms with van der Waals surface area (Å²) in [7, 11) is 0. The Morgan fingerprint density at radius 1 is 0.714 bits per heavy atom. The Bertz CT molecular complexity index is 2570. The number of carboxylic acid groups (broad SMARTS) is 1. The molecule has 0 atom stereocenters. The lowest BCUT2D eigenvalue weighted by molar-refractivity contribution is -0.385. The molecule has 63 heavy (non-hydrogen) atoms. The molecule has 0 saturated heterocycles. The van der Waals surface area contributed by atoms with Gasteiger partial charge in [-0.15, -0.1) is 0 Å². The molecule has 6 aromatic rings. The predicted octanol–water partition coefficient (Wildman–Crippen LogP) is 7.82. The Kier molecular flexibility index (Phi) is 16.4. The number of anilines is 4. The Balaban J connectivity index is 0.000000238. The number of nitrogens with one attached hydrogen (secondary N) is 4. The molecule has 23 heteroatoms. The molecule has 4 aromatic heterocycles. The fourth-order valence-electron chi connectivity index (χ4n) is 5.57. The molecule has 20 nitrogen and oxygen atoms in total. The number of hydrogen-bond donors (Lipinski definition) is 5. The third kappa shape index (κ3) is 13.2. The van der Waals surface area contributed by atoms with Gasteiger partial charge in [0.15, 0.2) is 0 Å². The van der Waals surface area contributed by atoms with Gasteiger partial charge in [0.1, 0.15) is 41.0 Å². The third-order valence-electron chi connectivity index (χ3n) is 8.40. The van der Waals surface area contributed by atoms with Crippen LogP contribution in [0.5, 0.6) is 0 Å². The van der Waals surface area contributed by atoms with E-state index in [1.54, 1.807) is 38.1 Å². The lowest BCUT2D eigenvalue weighted by Crippen LogP contribution is -2.18. The first-order chi connectivity index (χ1) is 30.3. The number of halogens is 3. The van der Waals surface area contributed by atoms with Gasteiger partial charge in [0.25, 0.3) is 11.4 Å². The van der Waals surface area contributed by atoms with Crippen LogP contribution in [0.15, 0.2) is 85.3 Å². The number of nitrogens with zero attached hydrogens (tertiary/aromatic N) is 8. The van der Waals surface area contributed by atoms with E-state index in [2.05, 4.69) is 51.2 Å². The van der Waals surface area contributed by atoms with Crippen LogP contribution in [-0.2, 0) is 11.2 Å². The summed E-state index contributed by atoms with van der Waals surface area (Å²) in [5, 5.41) is 43.9. The van der Waals surface area contributed by atoms with Crippen molar-refractivity contribution in [3.8, 4) is 22.5 Å². The van der Waals surface area contributed by atoms with E-state index in [0.29, 0.717) is 71.1 Å². The minimum atomic E-state index is -1.15. The van der Waals surface area contributed by atoms with Crippen LogP contribution in [0.3, 0.4) is 0 Å². The Hall–Kier alpha value is -7.65. The molecule has 326 valence electrons. The Labute approximate surface area is 367 Å². The van der Waals surface area contributed by atoms with Crippen molar-refractivity contribution >= 4 is 70.0 Å². The molecule has 0 fully saturated rings. The maximum atomic E-state index is 13.7. The largest absolute Gasteiger partial charge is 0.478 e. The smallest absolute Gasteiger partial charge is 0.341 e. The van der Waals surface area contributed by atoms with Gasteiger partial charge in [0.2, 0.25) is 11.9 Å². The number of aromatic nitrogens is 6. The number of esters is 1. The van der Waals surface area contributed by atoms with Crippen molar-refractivity contribution in [1.29, 1.82) is 0 Å². The molecule has 0 spiro atoms. The molecule has 0 aliphatic rings. The summed E-state index contributed by atoms with van der Waals surface area (Å²) in [5.41, 5.74) is 1.64. The second-order valence-corrected chi connectivity index (χ2v) is 13.6. The summed E-state index contributed by atoms with van der Waals surface area (Å²) < 4.78 is 18.7. The molecule has 0 amide bonds. The van der Waals surface area contributed by atoms with Crippen LogP contribution in [0.1, 0.15) is 40.3 Å². The number of pyridine rings is 2. The van der Waals surface area contributed by atoms with E-state index in [4.69, 9.17) is 27.9 Å². The number of aromatic carboxylic acids is 1. The van der Waals surface area contributed by atoms with Crippen molar-refractivity contribution in [2.45, 2.75) is 20.3 Å². The summed E-state index contributed by atoms with van der Waals surface area (Å²) in [6.45, 7) is 5.27. The molecule has 4 heterocycles. The molecule has 0 aliphatic carbocycles. The molecule has 0 bridgehead atoms. The van der Waals surface area contributed by atoms with Crippen molar-refractivity contribution in [3.63, 3.8) is 0 Å². The fraction of sp³-hybridized carbons (Fsp3) is 0.200. The minimum Gasteiger partial charge on any atom is -0.478 e. The van der Waals surface area contributed by atoms with Crippen molar-refractivity contribution in [3.05, 3.63) is 138 Å². The van der Waals surface area contributed by atoms with Gasteiger partial charge < -0.3 is 31.1 Å². The zero-order chi connectivity index (χ0) is 45.5. The predicted molar refractivity (Wildman–Crippen MR) is 233 cm³/mol. The summed E-state index contributed by atoms with van der Waals surface area (Å²) in [6, 6.07) is 16.2. The second-order valence-electron chi connectivity index (χ2n) is 12.7. The van der Waals surface area contributed by atoms with Crippen LogP contribution >= 0.6 is 23.2 Å².